The zero-order valence-corrected chi connectivity index (χ0v) is 15.0. The van der Waals surface area contributed by atoms with E-state index >= 15 is 0 Å². The summed E-state index contributed by atoms with van der Waals surface area (Å²) in [6.07, 6.45) is 0. The van der Waals surface area contributed by atoms with Crippen LogP contribution in [0.3, 0.4) is 0 Å². The third-order valence-electron chi connectivity index (χ3n) is 4.18. The minimum Gasteiger partial charge on any atom is -0.492 e. The van der Waals surface area contributed by atoms with Crippen molar-refractivity contribution in [2.75, 3.05) is 13.2 Å². The van der Waals surface area contributed by atoms with E-state index in [4.69, 9.17) is 4.74 Å². The summed E-state index contributed by atoms with van der Waals surface area (Å²) in [4.78, 5) is 30.3. The van der Waals surface area contributed by atoms with Crippen LogP contribution in [0.1, 0.15) is 26.4 Å². The van der Waals surface area contributed by atoms with E-state index in [-0.39, 0.29) is 25.0 Å². The van der Waals surface area contributed by atoms with Crippen LogP contribution in [0.5, 0.6) is 5.75 Å². The number of nitrogens with zero attached hydrogens (tertiary/aromatic N) is 2. The molecule has 5 nitrogen and oxygen atoms in total. The fourth-order valence-corrected chi connectivity index (χ4v) is 3.68. The molecule has 0 spiro atoms. The Morgan fingerprint density at radius 1 is 1.00 bits per heavy atom. The van der Waals surface area contributed by atoms with Crippen molar-refractivity contribution in [2.45, 2.75) is 6.92 Å². The molecule has 0 saturated heterocycles. The lowest BCUT2D eigenvalue weighted by atomic mass is 10.1. The summed E-state index contributed by atoms with van der Waals surface area (Å²) >= 11 is 1.60. The van der Waals surface area contributed by atoms with E-state index in [0.29, 0.717) is 16.9 Å². The molecule has 2 amide bonds. The first-order valence-electron chi connectivity index (χ1n) is 8.24. The molecular formula is C20H16N2O3S. The van der Waals surface area contributed by atoms with Crippen LogP contribution in [0.2, 0.25) is 0 Å². The average molecular weight is 364 g/mol. The molecule has 0 aliphatic carbocycles. The molecule has 2 heterocycles. The minimum absolute atomic E-state index is 0.222. The van der Waals surface area contributed by atoms with Crippen LogP contribution in [-0.4, -0.2) is 34.8 Å². The zero-order valence-electron chi connectivity index (χ0n) is 14.1. The van der Waals surface area contributed by atoms with Gasteiger partial charge in [0.1, 0.15) is 17.4 Å². The molecule has 0 bridgehead atoms. The predicted molar refractivity (Wildman–Crippen MR) is 99.6 cm³/mol. The lowest BCUT2D eigenvalue weighted by Crippen LogP contribution is -2.33. The van der Waals surface area contributed by atoms with Crippen LogP contribution in [-0.2, 0) is 0 Å². The number of fused-ring (bicyclic) bond motifs is 1. The molecule has 6 heteroatoms. The van der Waals surface area contributed by atoms with E-state index < -0.39 is 0 Å². The van der Waals surface area contributed by atoms with Gasteiger partial charge in [0.05, 0.1) is 17.7 Å². The molecule has 2 aromatic carbocycles. The lowest BCUT2D eigenvalue weighted by molar-refractivity contribution is 0.0631. The van der Waals surface area contributed by atoms with Gasteiger partial charge in [-0.25, -0.2) is 4.98 Å². The fraction of sp³-hybridized carbons (Fsp3) is 0.150. The third kappa shape index (κ3) is 2.99. The highest BCUT2D eigenvalue weighted by atomic mass is 32.1. The Bertz CT molecular complexity index is 944. The van der Waals surface area contributed by atoms with Crippen LogP contribution in [0.25, 0.3) is 10.6 Å². The average Bonchev–Trinajstić information content (AvgIpc) is 3.20. The van der Waals surface area contributed by atoms with Gasteiger partial charge in [0.2, 0.25) is 0 Å². The Morgan fingerprint density at radius 2 is 1.65 bits per heavy atom. The Kier molecular flexibility index (Phi) is 4.26. The summed E-state index contributed by atoms with van der Waals surface area (Å²) in [6.45, 7) is 2.44. The van der Waals surface area contributed by atoms with Crippen LogP contribution in [0.15, 0.2) is 53.9 Å². The number of aryl methyl sites for hydroxylation is 1. The molecule has 26 heavy (non-hydrogen) atoms. The summed E-state index contributed by atoms with van der Waals surface area (Å²) in [5, 5.41) is 2.99. The first-order valence-corrected chi connectivity index (χ1v) is 9.12. The van der Waals surface area contributed by atoms with Gasteiger partial charge in [-0.05, 0) is 43.3 Å². The van der Waals surface area contributed by atoms with Crippen molar-refractivity contribution in [1.29, 1.82) is 0 Å². The maximum Gasteiger partial charge on any atom is 0.261 e. The SMILES string of the molecule is Cc1csc(-c2ccc(OCCN3C(=O)c4ccccc4C3=O)cc2)n1. The largest absolute Gasteiger partial charge is 0.492 e. The van der Waals surface area contributed by atoms with E-state index in [1.807, 2.05) is 36.6 Å². The number of thiazole rings is 1. The number of amides is 2. The van der Waals surface area contributed by atoms with E-state index in [1.165, 1.54) is 4.90 Å². The number of carbonyl (C=O) groups is 2. The van der Waals surface area contributed by atoms with Gasteiger partial charge in [0.25, 0.3) is 11.8 Å². The summed E-state index contributed by atoms with van der Waals surface area (Å²) in [5.41, 5.74) is 2.96. The Hall–Kier alpha value is -2.99. The van der Waals surface area contributed by atoms with Gasteiger partial charge in [0.15, 0.2) is 0 Å². The molecule has 1 aliphatic heterocycles. The van der Waals surface area contributed by atoms with E-state index in [1.54, 1.807) is 35.6 Å². The molecule has 0 radical (unpaired) electrons. The van der Waals surface area contributed by atoms with E-state index in [2.05, 4.69) is 4.98 Å². The number of imide groups is 1. The van der Waals surface area contributed by atoms with E-state index in [0.717, 1.165) is 16.3 Å². The predicted octanol–water partition coefficient (Wildman–Crippen LogP) is 3.79. The van der Waals surface area contributed by atoms with Crippen LogP contribution in [0.4, 0.5) is 0 Å². The summed E-state index contributed by atoms with van der Waals surface area (Å²) in [5.74, 6) is 0.172. The van der Waals surface area contributed by atoms with Crippen molar-refractivity contribution in [1.82, 2.24) is 9.88 Å². The highest BCUT2D eigenvalue weighted by Crippen LogP contribution is 2.26. The molecule has 1 aromatic heterocycles. The number of hydrogen-bond acceptors (Lipinski definition) is 5. The van der Waals surface area contributed by atoms with Crippen molar-refractivity contribution >= 4 is 23.2 Å². The van der Waals surface area contributed by atoms with Gasteiger partial charge in [-0.3, -0.25) is 14.5 Å². The summed E-state index contributed by atoms with van der Waals surface area (Å²) in [6, 6.07) is 14.5. The Balaban J connectivity index is 1.37. The molecule has 0 atom stereocenters. The lowest BCUT2D eigenvalue weighted by Gasteiger charge is -2.14. The van der Waals surface area contributed by atoms with Crippen molar-refractivity contribution in [2.24, 2.45) is 0 Å². The van der Waals surface area contributed by atoms with Crippen LogP contribution in [0, 0.1) is 6.92 Å². The van der Waals surface area contributed by atoms with Crippen molar-refractivity contribution in [3.63, 3.8) is 0 Å². The van der Waals surface area contributed by atoms with Crippen molar-refractivity contribution in [3.05, 3.63) is 70.7 Å². The number of carbonyl (C=O) groups excluding carboxylic acids is 2. The molecule has 130 valence electrons. The second-order valence-corrected chi connectivity index (χ2v) is 6.83. The smallest absolute Gasteiger partial charge is 0.261 e. The van der Waals surface area contributed by atoms with Crippen molar-refractivity contribution in [3.8, 4) is 16.3 Å². The van der Waals surface area contributed by atoms with Gasteiger partial charge in [-0.2, -0.15) is 0 Å². The van der Waals surface area contributed by atoms with Crippen LogP contribution >= 0.6 is 11.3 Å². The first kappa shape index (κ1) is 16.5. The standard InChI is InChI=1S/C20H16N2O3S/c1-13-12-26-18(21-13)14-6-8-15(9-7-14)25-11-10-22-19(23)16-4-2-3-5-17(16)20(22)24/h2-9,12H,10-11H2,1H3. The van der Waals surface area contributed by atoms with Gasteiger partial charge in [-0.15, -0.1) is 11.3 Å². The number of benzene rings is 2. The van der Waals surface area contributed by atoms with E-state index in [9.17, 15) is 9.59 Å². The third-order valence-corrected chi connectivity index (χ3v) is 5.19. The number of rotatable bonds is 5. The highest BCUT2D eigenvalue weighted by Gasteiger charge is 2.34. The van der Waals surface area contributed by atoms with Crippen LogP contribution < -0.4 is 4.74 Å². The molecule has 1 aliphatic rings. The molecule has 0 saturated carbocycles. The zero-order chi connectivity index (χ0) is 18.1. The highest BCUT2D eigenvalue weighted by molar-refractivity contribution is 7.13. The van der Waals surface area contributed by atoms with Gasteiger partial charge in [-0.1, -0.05) is 12.1 Å². The number of ether oxygens (including phenoxy) is 1. The molecule has 0 fully saturated rings. The normalized spacial score (nSPS) is 13.2. The molecule has 4 rings (SSSR count). The van der Waals surface area contributed by atoms with Gasteiger partial charge >= 0.3 is 0 Å². The van der Waals surface area contributed by atoms with Gasteiger partial charge < -0.3 is 4.74 Å². The van der Waals surface area contributed by atoms with Gasteiger partial charge in [0, 0.05) is 16.6 Å². The topological polar surface area (TPSA) is 59.5 Å². The second-order valence-electron chi connectivity index (χ2n) is 5.97. The monoisotopic (exact) mass is 364 g/mol. The molecule has 0 unspecified atom stereocenters. The maximum absolute atomic E-state index is 12.3. The summed E-state index contributed by atoms with van der Waals surface area (Å²) < 4.78 is 5.70. The Morgan fingerprint density at radius 3 is 2.23 bits per heavy atom. The number of hydrogen-bond donors (Lipinski definition) is 0. The first-order chi connectivity index (χ1) is 12.6. The fourth-order valence-electron chi connectivity index (χ4n) is 2.88. The second kappa shape index (κ2) is 6.72. The van der Waals surface area contributed by atoms with Crippen molar-refractivity contribution < 1.29 is 14.3 Å². The Labute approximate surface area is 154 Å². The quantitative estimate of drug-likeness (QED) is 0.646. The molecular weight excluding hydrogens is 348 g/mol. The maximum atomic E-state index is 12.3. The molecule has 0 N–H and O–H groups in total. The minimum atomic E-state index is -0.260. The molecule has 3 aromatic rings. The summed E-state index contributed by atoms with van der Waals surface area (Å²) in [7, 11) is 0. The number of aromatic nitrogens is 1.